The van der Waals surface area contributed by atoms with Gasteiger partial charge in [0.05, 0.1) is 0 Å². The van der Waals surface area contributed by atoms with E-state index in [4.69, 9.17) is 0 Å². The van der Waals surface area contributed by atoms with Gasteiger partial charge in [0.2, 0.25) is 0 Å². The molecule has 0 bridgehead atoms. The molecule has 3 rings (SSSR count). The molecule has 0 heterocycles. The third-order valence-electron chi connectivity index (χ3n) is 5.90. The van der Waals surface area contributed by atoms with Crippen LogP contribution in [0.15, 0.2) is 75.9 Å². The number of aryl methyl sites for hydroxylation is 1. The molecular weight excluding hydrogens is 410 g/mol. The lowest BCUT2D eigenvalue weighted by atomic mass is 10.1. The molecule has 1 aromatic carbocycles. The second-order valence-electron chi connectivity index (χ2n) is 10.6. The number of hydrogen-bond donors (Lipinski definition) is 0. The van der Waals surface area contributed by atoms with Gasteiger partial charge < -0.3 is 0 Å². The molecule has 2 aliphatic carbocycles. The lowest BCUT2D eigenvalue weighted by Crippen LogP contribution is -2.27. The van der Waals surface area contributed by atoms with Crippen LogP contribution < -0.4 is 5.30 Å². The zero-order valence-electron chi connectivity index (χ0n) is 20.7. The Balaban J connectivity index is 2.10. The summed E-state index contributed by atoms with van der Waals surface area (Å²) in [6.45, 7) is 21.3. The van der Waals surface area contributed by atoms with Crippen molar-refractivity contribution in [2.75, 3.05) is 0 Å². The second kappa shape index (κ2) is 9.25. The molecule has 0 N–H and O–H groups in total. The molecule has 0 aromatic heterocycles. The molecule has 0 nitrogen and oxygen atoms in total. The van der Waals surface area contributed by atoms with Crippen LogP contribution in [0.5, 0.6) is 0 Å². The van der Waals surface area contributed by atoms with Gasteiger partial charge >= 0.3 is 0 Å². The molecule has 31 heavy (non-hydrogen) atoms. The van der Waals surface area contributed by atoms with E-state index >= 15 is 0 Å². The Bertz CT molecular complexity index is 1020. The van der Waals surface area contributed by atoms with Crippen LogP contribution in [-0.4, -0.2) is 16.0 Å². The highest BCUT2D eigenvalue weighted by atomic mass is 31.1. The number of rotatable bonds is 5. The molecule has 1 aromatic rings. The topological polar surface area (TPSA) is 0 Å². The zero-order valence-corrected chi connectivity index (χ0v) is 22.5. The van der Waals surface area contributed by atoms with E-state index in [2.05, 4.69) is 128 Å². The predicted octanol–water partition coefficient (Wildman–Crippen LogP) is 8.60. The molecule has 0 fully saturated rings. The molecule has 0 aliphatic heterocycles. The van der Waals surface area contributed by atoms with Gasteiger partial charge in [0, 0.05) is 23.0 Å². The number of hydrogen-bond acceptors (Lipinski definition) is 0. The Kier molecular flexibility index (Phi) is 7.25. The van der Waals surface area contributed by atoms with Crippen LogP contribution in [0.2, 0.25) is 0 Å². The van der Waals surface area contributed by atoms with E-state index in [1.807, 2.05) is 0 Å². The molecule has 0 saturated heterocycles. The number of allylic oxidation sites excluding steroid dienone is 6. The first-order chi connectivity index (χ1) is 14.4. The van der Waals surface area contributed by atoms with Gasteiger partial charge in [0.15, 0.2) is 0 Å². The van der Waals surface area contributed by atoms with Crippen molar-refractivity contribution in [1.29, 1.82) is 0 Å². The summed E-state index contributed by atoms with van der Waals surface area (Å²) < 4.78 is 0. The first-order valence-corrected chi connectivity index (χ1v) is 14.1. The van der Waals surface area contributed by atoms with Gasteiger partial charge in [-0.2, -0.15) is 0 Å². The van der Waals surface area contributed by atoms with Crippen molar-refractivity contribution in [2.24, 2.45) is 5.92 Å². The van der Waals surface area contributed by atoms with Crippen molar-refractivity contribution in [3.8, 4) is 0 Å². The van der Waals surface area contributed by atoms with Crippen molar-refractivity contribution >= 4 is 21.1 Å². The summed E-state index contributed by atoms with van der Waals surface area (Å²) in [7, 11) is -0.974. The molecule has 2 aliphatic rings. The fourth-order valence-corrected chi connectivity index (χ4v) is 12.1. The van der Waals surface area contributed by atoms with Gasteiger partial charge in [0.1, 0.15) is 0 Å². The molecule has 3 atom stereocenters. The molecule has 2 heteroatoms. The van der Waals surface area contributed by atoms with E-state index in [1.54, 1.807) is 5.31 Å². The lowest BCUT2D eigenvalue weighted by molar-refractivity contribution is 0.711. The first kappa shape index (κ1) is 24.3. The summed E-state index contributed by atoms with van der Waals surface area (Å²) in [6, 6.07) is 8.96. The Labute approximate surface area is 193 Å². The van der Waals surface area contributed by atoms with E-state index < -0.39 is 15.8 Å². The maximum Gasteiger partial charge on any atom is 0.0396 e. The SMILES string of the molecule is Cc1ccccc1P(C1=C[CH]C=CC1C)[C@@H](C)C1=C=C=C=C1P(C(C)(C)C)C(C)(C)C. The third kappa shape index (κ3) is 5.18. The van der Waals surface area contributed by atoms with Crippen LogP contribution >= 0.6 is 15.8 Å². The van der Waals surface area contributed by atoms with Crippen LogP contribution in [0.4, 0.5) is 0 Å². The Morgan fingerprint density at radius 2 is 1.61 bits per heavy atom. The van der Waals surface area contributed by atoms with E-state index in [-0.39, 0.29) is 10.3 Å². The highest BCUT2D eigenvalue weighted by Gasteiger charge is 2.41. The van der Waals surface area contributed by atoms with Crippen molar-refractivity contribution in [3.05, 3.63) is 87.9 Å². The van der Waals surface area contributed by atoms with Gasteiger partial charge in [-0.25, -0.2) is 0 Å². The molecule has 0 amide bonds. The van der Waals surface area contributed by atoms with Gasteiger partial charge in [0.25, 0.3) is 0 Å². The minimum absolute atomic E-state index is 0.202. The van der Waals surface area contributed by atoms with Crippen molar-refractivity contribution in [3.63, 3.8) is 0 Å². The van der Waals surface area contributed by atoms with Gasteiger partial charge in [-0.3, -0.25) is 0 Å². The normalized spacial score (nSPS) is 20.6. The highest BCUT2D eigenvalue weighted by Crippen LogP contribution is 2.68. The smallest absolute Gasteiger partial charge is 0.0396 e. The number of benzene rings is 1. The Morgan fingerprint density at radius 3 is 2.19 bits per heavy atom. The minimum Gasteiger partial charge on any atom is -0.0806 e. The molecule has 0 spiro atoms. The van der Waals surface area contributed by atoms with Gasteiger partial charge in [-0.1, -0.05) is 117 Å². The van der Waals surface area contributed by atoms with Crippen LogP contribution in [0, 0.1) is 19.3 Å². The quantitative estimate of drug-likeness (QED) is 0.313. The van der Waals surface area contributed by atoms with Gasteiger partial charge in [-0.05, 0) is 53.0 Å². The van der Waals surface area contributed by atoms with Crippen LogP contribution in [0.3, 0.4) is 0 Å². The molecule has 1 radical (unpaired) electrons. The Morgan fingerprint density at radius 1 is 0.968 bits per heavy atom. The monoisotopic (exact) mass is 447 g/mol. The summed E-state index contributed by atoms with van der Waals surface area (Å²) in [5.41, 5.74) is 13.5. The Hall–Kier alpha value is -1.36. The predicted molar refractivity (Wildman–Crippen MR) is 142 cm³/mol. The van der Waals surface area contributed by atoms with Crippen LogP contribution in [0.1, 0.15) is 61.0 Å². The maximum atomic E-state index is 3.55. The average Bonchev–Trinajstić information content (AvgIpc) is 3.11. The highest BCUT2D eigenvalue weighted by molar-refractivity contribution is 7.71. The van der Waals surface area contributed by atoms with Crippen molar-refractivity contribution < 1.29 is 0 Å². The summed E-state index contributed by atoms with van der Waals surface area (Å²) in [5.74, 6) is 0.455. The molecule has 0 saturated carbocycles. The third-order valence-corrected chi connectivity index (χ3v) is 12.6. The van der Waals surface area contributed by atoms with Crippen molar-refractivity contribution in [2.45, 2.75) is 78.3 Å². The van der Waals surface area contributed by atoms with E-state index in [0.717, 1.165) is 0 Å². The van der Waals surface area contributed by atoms with E-state index in [0.29, 0.717) is 11.6 Å². The first-order valence-electron chi connectivity index (χ1n) is 11.3. The van der Waals surface area contributed by atoms with Crippen LogP contribution in [-0.2, 0) is 0 Å². The van der Waals surface area contributed by atoms with E-state index in [9.17, 15) is 0 Å². The fraction of sp³-hybridized carbons (Fsp3) is 0.448. The summed E-state index contributed by atoms with van der Waals surface area (Å²) in [4.78, 5) is 0. The summed E-state index contributed by atoms with van der Waals surface area (Å²) in [5, 5.41) is 4.83. The minimum atomic E-state index is -0.541. The standard InChI is InChI=1S/C29H37P2/c1-21-15-10-12-18-25(21)30(26-19-13-11-16-22(26)2)23(3)24-17-14-20-27(24)31(28(4,5)6)29(7,8)9/h10-13,15-16,18-19,21,23H,1-9H3/t21?,23-,30?/m0/s1. The van der Waals surface area contributed by atoms with Gasteiger partial charge in [-0.15, -0.1) is 0 Å². The molecular formula is C29H37P2. The second-order valence-corrected chi connectivity index (χ2v) is 16.9. The summed E-state index contributed by atoms with van der Waals surface area (Å²) >= 11 is 0. The lowest BCUT2D eigenvalue weighted by Gasteiger charge is -2.43. The van der Waals surface area contributed by atoms with Crippen LogP contribution in [0.25, 0.3) is 0 Å². The zero-order chi connectivity index (χ0) is 23.0. The maximum absolute atomic E-state index is 3.55. The molecule has 2 unspecified atom stereocenters. The fourth-order valence-electron chi connectivity index (χ4n) is 4.91. The van der Waals surface area contributed by atoms with Crippen molar-refractivity contribution in [1.82, 2.24) is 0 Å². The molecule has 163 valence electrons. The largest absolute Gasteiger partial charge is 0.0806 e. The van der Waals surface area contributed by atoms with E-state index in [1.165, 1.54) is 21.8 Å². The average molecular weight is 448 g/mol. The summed E-state index contributed by atoms with van der Waals surface area (Å²) in [6.07, 6.45) is 9.09.